The Morgan fingerprint density at radius 1 is 1.47 bits per heavy atom. The number of nitro benzene ring substituents is 1. The van der Waals surface area contributed by atoms with Crippen LogP contribution in [0.25, 0.3) is 0 Å². The van der Waals surface area contributed by atoms with Crippen molar-refractivity contribution in [2.75, 3.05) is 5.32 Å². The van der Waals surface area contributed by atoms with Crippen molar-refractivity contribution in [2.24, 2.45) is 11.8 Å². The third-order valence-corrected chi connectivity index (χ3v) is 3.65. The van der Waals surface area contributed by atoms with E-state index in [0.29, 0.717) is 5.92 Å². The molecule has 1 aliphatic carbocycles. The van der Waals surface area contributed by atoms with Crippen LogP contribution in [0, 0.1) is 22.0 Å². The van der Waals surface area contributed by atoms with E-state index >= 15 is 0 Å². The molecule has 6 heteroatoms. The zero-order valence-corrected chi connectivity index (χ0v) is 10.6. The first kappa shape index (κ1) is 13.3. The number of anilines is 1. The Morgan fingerprint density at radius 2 is 2.21 bits per heavy atom. The van der Waals surface area contributed by atoms with Gasteiger partial charge in [-0.1, -0.05) is 13.3 Å². The molecule has 0 bridgehead atoms. The first-order valence-electron chi connectivity index (χ1n) is 6.27. The van der Waals surface area contributed by atoms with E-state index in [1.165, 1.54) is 18.2 Å². The van der Waals surface area contributed by atoms with E-state index in [1.54, 1.807) is 0 Å². The molecule has 6 nitrogen and oxygen atoms in total. The van der Waals surface area contributed by atoms with E-state index in [-0.39, 0.29) is 28.9 Å². The number of carbonyl (C=O) groups is 1. The topological polar surface area (TPSA) is 92.5 Å². The molecule has 1 aromatic carbocycles. The van der Waals surface area contributed by atoms with Crippen molar-refractivity contribution in [3.63, 3.8) is 0 Å². The molecule has 1 fully saturated rings. The van der Waals surface area contributed by atoms with Crippen LogP contribution >= 0.6 is 0 Å². The Balaban J connectivity index is 2.16. The Morgan fingerprint density at radius 3 is 2.79 bits per heavy atom. The normalized spacial score (nSPS) is 22.2. The van der Waals surface area contributed by atoms with Gasteiger partial charge in [-0.15, -0.1) is 0 Å². The first-order valence-corrected chi connectivity index (χ1v) is 6.27. The van der Waals surface area contributed by atoms with Crippen molar-refractivity contribution in [3.8, 4) is 5.75 Å². The van der Waals surface area contributed by atoms with Crippen LogP contribution in [0.5, 0.6) is 5.75 Å². The Labute approximate surface area is 110 Å². The van der Waals surface area contributed by atoms with E-state index in [4.69, 9.17) is 0 Å². The van der Waals surface area contributed by atoms with Gasteiger partial charge in [-0.2, -0.15) is 0 Å². The van der Waals surface area contributed by atoms with E-state index in [0.717, 1.165) is 19.3 Å². The standard InChI is InChI=1S/C13H16N2O4/c1-8-3-2-4-10(8)13(17)14-11-7-9(15(18)19)5-6-12(11)16/h5-8,10,16H,2-4H2,1H3,(H,14,17). The molecule has 1 saturated carbocycles. The number of non-ortho nitro benzene ring substituents is 1. The SMILES string of the molecule is CC1CCCC1C(=O)Nc1cc([N+](=O)[O-])ccc1O. The molecule has 0 saturated heterocycles. The van der Waals surface area contributed by atoms with Gasteiger partial charge >= 0.3 is 0 Å². The molecule has 1 aliphatic rings. The summed E-state index contributed by atoms with van der Waals surface area (Å²) in [7, 11) is 0. The van der Waals surface area contributed by atoms with E-state index in [1.807, 2.05) is 6.92 Å². The minimum Gasteiger partial charge on any atom is -0.506 e. The van der Waals surface area contributed by atoms with Crippen LogP contribution in [-0.4, -0.2) is 15.9 Å². The fourth-order valence-electron chi connectivity index (χ4n) is 2.50. The molecule has 0 spiro atoms. The number of nitrogens with one attached hydrogen (secondary N) is 1. The summed E-state index contributed by atoms with van der Waals surface area (Å²) in [6.45, 7) is 2.02. The number of benzene rings is 1. The van der Waals surface area contributed by atoms with Crippen LogP contribution in [0.1, 0.15) is 26.2 Å². The molecule has 2 unspecified atom stereocenters. The molecule has 2 N–H and O–H groups in total. The van der Waals surface area contributed by atoms with Gasteiger partial charge < -0.3 is 10.4 Å². The average molecular weight is 264 g/mol. The van der Waals surface area contributed by atoms with E-state index in [2.05, 4.69) is 5.32 Å². The third kappa shape index (κ3) is 2.83. The predicted molar refractivity (Wildman–Crippen MR) is 69.9 cm³/mol. The summed E-state index contributed by atoms with van der Waals surface area (Å²) >= 11 is 0. The van der Waals surface area contributed by atoms with Gasteiger partial charge in [0.15, 0.2) is 0 Å². The highest BCUT2D eigenvalue weighted by molar-refractivity contribution is 5.94. The van der Waals surface area contributed by atoms with Crippen molar-refractivity contribution in [3.05, 3.63) is 28.3 Å². The van der Waals surface area contributed by atoms with Gasteiger partial charge in [-0.3, -0.25) is 14.9 Å². The molecule has 102 valence electrons. The van der Waals surface area contributed by atoms with Crippen molar-refractivity contribution >= 4 is 17.3 Å². The molecule has 2 rings (SSSR count). The van der Waals surface area contributed by atoms with Gasteiger partial charge in [0.05, 0.1) is 10.6 Å². The van der Waals surface area contributed by atoms with Gasteiger partial charge in [0.25, 0.3) is 5.69 Å². The summed E-state index contributed by atoms with van der Waals surface area (Å²) in [6.07, 6.45) is 2.85. The lowest BCUT2D eigenvalue weighted by atomic mass is 9.97. The fraction of sp³-hybridized carbons (Fsp3) is 0.462. The molecule has 0 aliphatic heterocycles. The van der Waals surface area contributed by atoms with Crippen LogP contribution in [0.15, 0.2) is 18.2 Å². The van der Waals surface area contributed by atoms with Crippen LogP contribution in [0.4, 0.5) is 11.4 Å². The minimum absolute atomic E-state index is 0.0846. The fourth-order valence-corrected chi connectivity index (χ4v) is 2.50. The summed E-state index contributed by atoms with van der Waals surface area (Å²) < 4.78 is 0. The minimum atomic E-state index is -0.562. The molecular weight excluding hydrogens is 248 g/mol. The van der Waals surface area contributed by atoms with Gasteiger partial charge in [0.2, 0.25) is 5.91 Å². The largest absolute Gasteiger partial charge is 0.506 e. The summed E-state index contributed by atoms with van der Waals surface area (Å²) in [6, 6.07) is 3.59. The van der Waals surface area contributed by atoms with Gasteiger partial charge in [0, 0.05) is 18.1 Å². The molecule has 0 aromatic heterocycles. The number of nitrogens with zero attached hydrogens (tertiary/aromatic N) is 1. The number of phenols is 1. The van der Waals surface area contributed by atoms with E-state index in [9.17, 15) is 20.0 Å². The molecule has 0 heterocycles. The van der Waals surface area contributed by atoms with Gasteiger partial charge in [-0.25, -0.2) is 0 Å². The lowest BCUT2D eigenvalue weighted by Gasteiger charge is -2.15. The van der Waals surface area contributed by atoms with Crippen molar-refractivity contribution < 1.29 is 14.8 Å². The summed E-state index contributed by atoms with van der Waals surface area (Å²) in [5, 5.41) is 22.9. The number of hydrogen-bond acceptors (Lipinski definition) is 4. The molecule has 1 amide bonds. The quantitative estimate of drug-likeness (QED) is 0.498. The van der Waals surface area contributed by atoms with Crippen molar-refractivity contribution in [1.82, 2.24) is 0 Å². The lowest BCUT2D eigenvalue weighted by molar-refractivity contribution is -0.384. The van der Waals surface area contributed by atoms with Crippen LogP contribution in [-0.2, 0) is 4.79 Å². The molecule has 1 aromatic rings. The number of carbonyl (C=O) groups excluding carboxylic acids is 1. The highest BCUT2D eigenvalue weighted by atomic mass is 16.6. The van der Waals surface area contributed by atoms with E-state index < -0.39 is 4.92 Å². The maximum atomic E-state index is 12.1. The highest BCUT2D eigenvalue weighted by Gasteiger charge is 2.30. The molecule has 0 radical (unpaired) electrons. The van der Waals surface area contributed by atoms with Crippen LogP contribution in [0.3, 0.4) is 0 Å². The summed E-state index contributed by atoms with van der Waals surface area (Å²) in [4.78, 5) is 22.2. The molecule has 2 atom stereocenters. The number of nitro groups is 1. The highest BCUT2D eigenvalue weighted by Crippen LogP contribution is 2.34. The number of rotatable bonds is 3. The number of phenolic OH excluding ortho intramolecular Hbond substituents is 1. The first-order chi connectivity index (χ1) is 8.99. The second-order valence-corrected chi connectivity index (χ2v) is 4.96. The van der Waals surface area contributed by atoms with Crippen LogP contribution in [0.2, 0.25) is 0 Å². The monoisotopic (exact) mass is 264 g/mol. The average Bonchev–Trinajstić information content (AvgIpc) is 2.78. The second kappa shape index (κ2) is 5.26. The van der Waals surface area contributed by atoms with Crippen LogP contribution < -0.4 is 5.32 Å². The second-order valence-electron chi connectivity index (χ2n) is 4.96. The summed E-state index contributed by atoms with van der Waals surface area (Å²) in [5.74, 6) is -0.120. The number of aromatic hydroxyl groups is 1. The molecule has 19 heavy (non-hydrogen) atoms. The zero-order valence-electron chi connectivity index (χ0n) is 10.6. The van der Waals surface area contributed by atoms with Crippen molar-refractivity contribution in [2.45, 2.75) is 26.2 Å². The van der Waals surface area contributed by atoms with Gasteiger partial charge in [0.1, 0.15) is 5.75 Å². The number of hydrogen-bond donors (Lipinski definition) is 2. The third-order valence-electron chi connectivity index (χ3n) is 3.65. The smallest absolute Gasteiger partial charge is 0.271 e. The predicted octanol–water partition coefficient (Wildman–Crippen LogP) is 2.68. The lowest BCUT2D eigenvalue weighted by Crippen LogP contribution is -2.24. The summed E-state index contributed by atoms with van der Waals surface area (Å²) in [5.41, 5.74) is -0.0640. The number of amides is 1. The van der Waals surface area contributed by atoms with Gasteiger partial charge in [-0.05, 0) is 24.8 Å². The Bertz CT molecular complexity index is 515. The zero-order chi connectivity index (χ0) is 14.0. The Kier molecular flexibility index (Phi) is 3.69. The maximum absolute atomic E-state index is 12.1. The van der Waals surface area contributed by atoms with Crippen molar-refractivity contribution in [1.29, 1.82) is 0 Å². The Hall–Kier alpha value is -2.11. The maximum Gasteiger partial charge on any atom is 0.271 e. The molecular formula is C13H16N2O4.